The van der Waals surface area contributed by atoms with Crippen LogP contribution in [0.15, 0.2) is 29.0 Å². The molecule has 0 atom stereocenters. The smallest absolute Gasteiger partial charge is 0.273 e. The molecule has 20 heavy (non-hydrogen) atoms. The van der Waals surface area contributed by atoms with Crippen molar-refractivity contribution in [3.05, 3.63) is 40.3 Å². The van der Waals surface area contributed by atoms with Crippen molar-refractivity contribution < 1.29 is 4.79 Å². The molecule has 0 spiro atoms. The number of hydrogen-bond donors (Lipinski definition) is 2. The standard InChI is InChI=1S/C14H17BrN4O/c1-8(2)19-7-10(16)5-12(19)14(20)18-13-4-9(3)11(15)6-17-13/h4-8H,16H2,1-3H3,(H,17,18,20). The van der Waals surface area contributed by atoms with Gasteiger partial charge in [0, 0.05) is 22.9 Å². The Hall–Kier alpha value is -1.82. The van der Waals surface area contributed by atoms with E-state index in [-0.39, 0.29) is 11.9 Å². The van der Waals surface area contributed by atoms with Crippen molar-refractivity contribution in [2.75, 3.05) is 11.1 Å². The normalized spacial score (nSPS) is 10.8. The Balaban J connectivity index is 2.26. The summed E-state index contributed by atoms with van der Waals surface area (Å²) in [5, 5.41) is 2.79. The summed E-state index contributed by atoms with van der Waals surface area (Å²) in [4.78, 5) is 16.5. The van der Waals surface area contributed by atoms with E-state index in [1.54, 1.807) is 18.5 Å². The highest BCUT2D eigenvalue weighted by molar-refractivity contribution is 9.10. The number of carbonyl (C=O) groups is 1. The monoisotopic (exact) mass is 336 g/mol. The number of nitrogens with one attached hydrogen (secondary N) is 1. The molecule has 6 heteroatoms. The molecule has 0 aliphatic rings. The molecule has 0 aromatic carbocycles. The van der Waals surface area contributed by atoms with Gasteiger partial charge in [0.15, 0.2) is 0 Å². The summed E-state index contributed by atoms with van der Waals surface area (Å²) in [5.41, 5.74) is 7.88. The fraction of sp³-hybridized carbons (Fsp3) is 0.286. The maximum Gasteiger partial charge on any atom is 0.273 e. The Morgan fingerprint density at radius 1 is 1.45 bits per heavy atom. The molecular weight excluding hydrogens is 320 g/mol. The summed E-state index contributed by atoms with van der Waals surface area (Å²) in [6.07, 6.45) is 3.43. The van der Waals surface area contributed by atoms with Crippen molar-refractivity contribution >= 4 is 33.3 Å². The van der Waals surface area contributed by atoms with Crippen molar-refractivity contribution in [2.24, 2.45) is 0 Å². The molecule has 0 fully saturated rings. The Kier molecular flexibility index (Phi) is 4.13. The number of aryl methyl sites for hydroxylation is 1. The van der Waals surface area contributed by atoms with Crippen LogP contribution in [0.1, 0.15) is 35.9 Å². The zero-order valence-corrected chi connectivity index (χ0v) is 13.2. The van der Waals surface area contributed by atoms with Crippen LogP contribution in [0.25, 0.3) is 0 Å². The molecule has 0 bridgehead atoms. The number of amides is 1. The van der Waals surface area contributed by atoms with Gasteiger partial charge in [-0.2, -0.15) is 0 Å². The fourth-order valence-electron chi connectivity index (χ4n) is 1.90. The van der Waals surface area contributed by atoms with Gasteiger partial charge in [0.1, 0.15) is 11.5 Å². The summed E-state index contributed by atoms with van der Waals surface area (Å²) in [6.45, 7) is 5.94. The van der Waals surface area contributed by atoms with Gasteiger partial charge in [-0.3, -0.25) is 4.79 Å². The summed E-state index contributed by atoms with van der Waals surface area (Å²) in [5.74, 6) is 0.301. The molecule has 2 aromatic rings. The minimum absolute atomic E-state index is 0.160. The molecule has 0 saturated heterocycles. The number of anilines is 2. The molecule has 2 heterocycles. The van der Waals surface area contributed by atoms with Gasteiger partial charge in [0.05, 0.1) is 5.69 Å². The van der Waals surface area contributed by atoms with E-state index in [4.69, 9.17) is 5.73 Å². The number of aromatic nitrogens is 2. The van der Waals surface area contributed by atoms with Crippen molar-refractivity contribution in [1.82, 2.24) is 9.55 Å². The van der Waals surface area contributed by atoms with E-state index in [2.05, 4.69) is 26.2 Å². The number of rotatable bonds is 3. The molecule has 3 N–H and O–H groups in total. The van der Waals surface area contributed by atoms with E-state index in [9.17, 15) is 4.79 Å². The average Bonchev–Trinajstić information content (AvgIpc) is 2.76. The number of pyridine rings is 1. The van der Waals surface area contributed by atoms with Gasteiger partial charge in [0.25, 0.3) is 5.91 Å². The van der Waals surface area contributed by atoms with Crippen LogP contribution < -0.4 is 11.1 Å². The predicted molar refractivity (Wildman–Crippen MR) is 83.9 cm³/mol. The number of halogens is 1. The predicted octanol–water partition coefficient (Wildman–Crippen LogP) is 3.37. The molecule has 1 amide bonds. The van der Waals surface area contributed by atoms with Gasteiger partial charge in [0.2, 0.25) is 0 Å². The minimum Gasteiger partial charge on any atom is -0.397 e. The van der Waals surface area contributed by atoms with E-state index < -0.39 is 0 Å². The van der Waals surface area contributed by atoms with Gasteiger partial charge in [-0.05, 0) is 54.4 Å². The number of nitrogens with two attached hydrogens (primary N) is 1. The van der Waals surface area contributed by atoms with Crippen LogP contribution >= 0.6 is 15.9 Å². The lowest BCUT2D eigenvalue weighted by molar-refractivity contribution is 0.101. The minimum atomic E-state index is -0.218. The van der Waals surface area contributed by atoms with Gasteiger partial charge in [-0.1, -0.05) is 0 Å². The molecule has 0 saturated carbocycles. The molecule has 5 nitrogen and oxygen atoms in total. The molecule has 0 aliphatic heterocycles. The number of nitrogens with zero attached hydrogens (tertiary/aromatic N) is 2. The van der Waals surface area contributed by atoms with Crippen LogP contribution in [0, 0.1) is 6.92 Å². The second-order valence-electron chi connectivity index (χ2n) is 4.93. The molecule has 2 aromatic heterocycles. The average molecular weight is 337 g/mol. The molecule has 106 valence electrons. The summed E-state index contributed by atoms with van der Waals surface area (Å²) >= 11 is 3.38. The zero-order chi connectivity index (χ0) is 14.9. The van der Waals surface area contributed by atoms with Gasteiger partial charge in [-0.15, -0.1) is 0 Å². The SMILES string of the molecule is Cc1cc(NC(=O)c2cc(N)cn2C(C)C)ncc1Br. The largest absolute Gasteiger partial charge is 0.397 e. The Morgan fingerprint density at radius 3 is 2.75 bits per heavy atom. The van der Waals surface area contributed by atoms with Crippen molar-refractivity contribution in [3.63, 3.8) is 0 Å². The van der Waals surface area contributed by atoms with Crippen LogP contribution in [0.4, 0.5) is 11.5 Å². The third-order valence-electron chi connectivity index (χ3n) is 2.95. The molecular formula is C14H17BrN4O. The molecule has 0 aliphatic carbocycles. The highest BCUT2D eigenvalue weighted by Crippen LogP contribution is 2.20. The number of nitrogen functional groups attached to an aromatic ring is 1. The lowest BCUT2D eigenvalue weighted by Gasteiger charge is -2.12. The van der Waals surface area contributed by atoms with Gasteiger partial charge < -0.3 is 15.6 Å². The van der Waals surface area contributed by atoms with E-state index in [0.29, 0.717) is 17.2 Å². The molecule has 2 rings (SSSR count). The number of carbonyl (C=O) groups excluding carboxylic acids is 1. The summed E-state index contributed by atoms with van der Waals surface area (Å²) < 4.78 is 2.75. The van der Waals surface area contributed by atoms with Crippen molar-refractivity contribution in [2.45, 2.75) is 26.8 Å². The van der Waals surface area contributed by atoms with Gasteiger partial charge >= 0.3 is 0 Å². The summed E-state index contributed by atoms with van der Waals surface area (Å²) in [6, 6.07) is 3.64. The topological polar surface area (TPSA) is 72.9 Å². The van der Waals surface area contributed by atoms with Crippen molar-refractivity contribution in [1.29, 1.82) is 0 Å². The van der Waals surface area contributed by atoms with E-state index in [0.717, 1.165) is 10.0 Å². The maximum atomic E-state index is 12.3. The lowest BCUT2D eigenvalue weighted by atomic mass is 10.3. The van der Waals surface area contributed by atoms with Crippen LogP contribution in [-0.4, -0.2) is 15.5 Å². The first-order valence-electron chi connectivity index (χ1n) is 6.29. The molecule has 0 radical (unpaired) electrons. The van der Waals surface area contributed by atoms with Crippen molar-refractivity contribution in [3.8, 4) is 0 Å². The first-order chi connectivity index (χ1) is 9.38. The third-order valence-corrected chi connectivity index (χ3v) is 3.78. The van der Waals surface area contributed by atoms with Crippen LogP contribution in [0.2, 0.25) is 0 Å². The van der Waals surface area contributed by atoms with Crippen LogP contribution in [0.5, 0.6) is 0 Å². The van der Waals surface area contributed by atoms with Crippen LogP contribution in [-0.2, 0) is 0 Å². The quantitative estimate of drug-likeness (QED) is 0.902. The maximum absolute atomic E-state index is 12.3. The fourth-order valence-corrected chi connectivity index (χ4v) is 2.11. The van der Waals surface area contributed by atoms with Crippen LogP contribution in [0.3, 0.4) is 0 Å². The first-order valence-corrected chi connectivity index (χ1v) is 7.08. The summed E-state index contributed by atoms with van der Waals surface area (Å²) in [7, 11) is 0. The highest BCUT2D eigenvalue weighted by Gasteiger charge is 2.15. The Labute approximate surface area is 126 Å². The Bertz CT molecular complexity index is 649. The van der Waals surface area contributed by atoms with Gasteiger partial charge in [-0.25, -0.2) is 4.98 Å². The van der Waals surface area contributed by atoms with E-state index in [1.807, 2.05) is 31.4 Å². The van der Waals surface area contributed by atoms with E-state index in [1.165, 1.54) is 0 Å². The first kappa shape index (κ1) is 14.6. The number of hydrogen-bond acceptors (Lipinski definition) is 3. The Morgan fingerprint density at radius 2 is 2.15 bits per heavy atom. The third kappa shape index (κ3) is 3.01. The lowest BCUT2D eigenvalue weighted by Crippen LogP contribution is -2.18. The van der Waals surface area contributed by atoms with E-state index >= 15 is 0 Å². The zero-order valence-electron chi connectivity index (χ0n) is 11.6. The highest BCUT2D eigenvalue weighted by atomic mass is 79.9. The molecule has 0 unspecified atom stereocenters. The second kappa shape index (κ2) is 5.66. The second-order valence-corrected chi connectivity index (χ2v) is 5.79.